The largest absolute Gasteiger partial charge is 0.272 e. The van der Waals surface area contributed by atoms with Gasteiger partial charge in [0.15, 0.2) is 0 Å². The first-order chi connectivity index (χ1) is 16.1. The molecule has 0 spiro atoms. The Balaban J connectivity index is 1.86. The number of nitrogens with zero attached hydrogens (tertiary/aromatic N) is 2. The maximum Gasteiger partial charge on any atom is 0.255 e. The van der Waals surface area contributed by atoms with Gasteiger partial charge in [0, 0.05) is 11.6 Å². The van der Waals surface area contributed by atoms with Crippen LogP contribution in [0.2, 0.25) is 5.02 Å². The minimum atomic E-state index is -3.98. The third kappa shape index (κ3) is 6.53. The van der Waals surface area contributed by atoms with Gasteiger partial charge in [-0.05, 0) is 62.1 Å². The number of aryl methyl sites for hydroxylation is 4. The number of nitrogens with one attached hydrogen (secondary N) is 1. The molecule has 0 fully saturated rings. The lowest BCUT2D eigenvalue weighted by Gasteiger charge is -2.24. The van der Waals surface area contributed by atoms with E-state index < -0.39 is 15.9 Å². The summed E-state index contributed by atoms with van der Waals surface area (Å²) in [4.78, 5) is 12.9. The van der Waals surface area contributed by atoms with Gasteiger partial charge in [0.2, 0.25) is 10.0 Å². The number of carbonyl (C=O) groups excluding carboxylic acids is 1. The molecule has 0 atom stereocenters. The molecule has 0 saturated carbocycles. The van der Waals surface area contributed by atoms with Crippen LogP contribution in [0.25, 0.3) is 0 Å². The minimum Gasteiger partial charge on any atom is -0.272 e. The molecule has 1 N–H and O–H groups in total. The SMILES string of the molecule is Cc1ccc(/C=N/NC(=O)CN(Cc2ccc(Cl)cc2)S(=O)(=O)c2c(C)cc(C)cc2C)cc1. The monoisotopic (exact) mass is 497 g/mol. The molecule has 1 amide bonds. The second kappa shape index (κ2) is 11.0. The van der Waals surface area contributed by atoms with Crippen LogP contribution in [-0.2, 0) is 21.4 Å². The van der Waals surface area contributed by atoms with Crippen molar-refractivity contribution in [1.29, 1.82) is 0 Å². The topological polar surface area (TPSA) is 78.8 Å². The van der Waals surface area contributed by atoms with Crippen LogP contribution in [0.5, 0.6) is 0 Å². The Hall–Kier alpha value is -3.00. The zero-order valence-corrected chi connectivity index (χ0v) is 21.2. The molecular weight excluding hydrogens is 470 g/mol. The smallest absolute Gasteiger partial charge is 0.255 e. The molecule has 0 heterocycles. The fraction of sp³-hybridized carbons (Fsp3) is 0.231. The molecular formula is C26H28ClN3O3S. The van der Waals surface area contributed by atoms with Crippen molar-refractivity contribution in [2.75, 3.05) is 6.54 Å². The average Bonchev–Trinajstić information content (AvgIpc) is 2.75. The van der Waals surface area contributed by atoms with Gasteiger partial charge in [0.25, 0.3) is 5.91 Å². The molecule has 6 nitrogen and oxygen atoms in total. The van der Waals surface area contributed by atoms with Crippen molar-refractivity contribution in [2.45, 2.75) is 39.1 Å². The highest BCUT2D eigenvalue weighted by Crippen LogP contribution is 2.26. The fourth-order valence-electron chi connectivity index (χ4n) is 3.75. The quantitative estimate of drug-likeness (QED) is 0.354. The Morgan fingerprint density at radius 1 is 0.941 bits per heavy atom. The second-order valence-electron chi connectivity index (χ2n) is 8.33. The Morgan fingerprint density at radius 3 is 2.12 bits per heavy atom. The molecule has 0 saturated heterocycles. The Labute approximate surface area is 206 Å². The molecule has 0 aliphatic carbocycles. The van der Waals surface area contributed by atoms with Gasteiger partial charge >= 0.3 is 0 Å². The summed E-state index contributed by atoms with van der Waals surface area (Å²) in [5.41, 5.74) is 7.33. The van der Waals surface area contributed by atoms with Crippen LogP contribution in [0, 0.1) is 27.7 Å². The molecule has 0 bridgehead atoms. The van der Waals surface area contributed by atoms with Gasteiger partial charge in [-0.1, -0.05) is 71.3 Å². The Morgan fingerprint density at radius 2 is 1.53 bits per heavy atom. The maximum atomic E-state index is 13.7. The summed E-state index contributed by atoms with van der Waals surface area (Å²) >= 11 is 5.98. The first kappa shape index (κ1) is 25.6. The van der Waals surface area contributed by atoms with Crippen molar-refractivity contribution in [1.82, 2.24) is 9.73 Å². The summed E-state index contributed by atoms with van der Waals surface area (Å²) in [6.07, 6.45) is 1.52. The van der Waals surface area contributed by atoms with E-state index in [9.17, 15) is 13.2 Å². The molecule has 0 aliphatic rings. The van der Waals surface area contributed by atoms with Crippen LogP contribution in [0.3, 0.4) is 0 Å². The third-order valence-corrected chi connectivity index (χ3v) is 7.62. The molecule has 0 aliphatic heterocycles. The summed E-state index contributed by atoms with van der Waals surface area (Å²) < 4.78 is 28.6. The summed E-state index contributed by atoms with van der Waals surface area (Å²) in [6, 6.07) is 18.2. The van der Waals surface area contributed by atoms with E-state index >= 15 is 0 Å². The molecule has 34 heavy (non-hydrogen) atoms. The number of hydrogen-bond donors (Lipinski definition) is 1. The van der Waals surface area contributed by atoms with E-state index in [1.165, 1.54) is 6.21 Å². The van der Waals surface area contributed by atoms with Crippen LogP contribution in [0.15, 0.2) is 70.7 Å². The van der Waals surface area contributed by atoms with E-state index in [4.69, 9.17) is 11.6 Å². The number of amides is 1. The predicted octanol–water partition coefficient (Wildman–Crippen LogP) is 4.91. The standard InChI is InChI=1S/C26H28ClN3O3S/c1-18-5-7-22(8-6-18)15-28-29-25(31)17-30(16-23-9-11-24(27)12-10-23)34(32,33)26-20(3)13-19(2)14-21(26)4/h5-15H,16-17H2,1-4H3,(H,29,31)/b28-15+. The molecule has 3 rings (SSSR count). The lowest BCUT2D eigenvalue weighted by Crippen LogP contribution is -2.39. The summed E-state index contributed by atoms with van der Waals surface area (Å²) in [5, 5.41) is 4.53. The van der Waals surface area contributed by atoms with Gasteiger partial charge in [-0.25, -0.2) is 13.8 Å². The summed E-state index contributed by atoms with van der Waals surface area (Å²) in [5.74, 6) is -0.539. The van der Waals surface area contributed by atoms with E-state index in [0.717, 1.165) is 21.0 Å². The van der Waals surface area contributed by atoms with Crippen LogP contribution in [0.4, 0.5) is 0 Å². The van der Waals surface area contributed by atoms with Gasteiger partial charge in [0.1, 0.15) is 0 Å². The number of hydrazone groups is 1. The second-order valence-corrected chi connectivity index (χ2v) is 10.6. The molecule has 3 aromatic carbocycles. The van der Waals surface area contributed by atoms with Crippen molar-refractivity contribution >= 4 is 33.7 Å². The molecule has 0 radical (unpaired) electrons. The number of sulfonamides is 1. The zero-order valence-electron chi connectivity index (χ0n) is 19.7. The Kier molecular flexibility index (Phi) is 8.25. The van der Waals surface area contributed by atoms with Gasteiger partial charge in [-0.2, -0.15) is 9.41 Å². The van der Waals surface area contributed by atoms with Crippen LogP contribution < -0.4 is 5.43 Å². The number of rotatable bonds is 8. The molecule has 8 heteroatoms. The van der Waals surface area contributed by atoms with Crippen LogP contribution >= 0.6 is 11.6 Å². The van der Waals surface area contributed by atoms with E-state index in [1.807, 2.05) is 50.2 Å². The van der Waals surface area contributed by atoms with Gasteiger partial charge in [-0.3, -0.25) is 4.79 Å². The van der Waals surface area contributed by atoms with E-state index in [2.05, 4.69) is 10.5 Å². The van der Waals surface area contributed by atoms with Crippen molar-refractivity contribution in [3.8, 4) is 0 Å². The average molecular weight is 498 g/mol. The van der Waals surface area contributed by atoms with Crippen molar-refractivity contribution in [2.24, 2.45) is 5.10 Å². The number of benzene rings is 3. The minimum absolute atomic E-state index is 0.0152. The summed E-state index contributed by atoms with van der Waals surface area (Å²) in [7, 11) is -3.98. The fourth-order valence-corrected chi connectivity index (χ4v) is 5.67. The Bertz CT molecular complexity index is 1280. The van der Waals surface area contributed by atoms with Crippen molar-refractivity contribution < 1.29 is 13.2 Å². The zero-order chi connectivity index (χ0) is 24.9. The van der Waals surface area contributed by atoms with Gasteiger partial charge in [-0.15, -0.1) is 0 Å². The number of halogens is 1. The van der Waals surface area contributed by atoms with Crippen LogP contribution in [-0.4, -0.2) is 31.4 Å². The molecule has 178 valence electrons. The van der Waals surface area contributed by atoms with Crippen molar-refractivity contribution in [3.63, 3.8) is 0 Å². The molecule has 0 aromatic heterocycles. The predicted molar refractivity (Wildman–Crippen MR) is 137 cm³/mol. The third-order valence-electron chi connectivity index (χ3n) is 5.27. The molecule has 3 aromatic rings. The van der Waals surface area contributed by atoms with Crippen LogP contribution in [0.1, 0.15) is 33.4 Å². The highest BCUT2D eigenvalue weighted by atomic mass is 35.5. The van der Waals surface area contributed by atoms with E-state index in [0.29, 0.717) is 21.7 Å². The van der Waals surface area contributed by atoms with Gasteiger partial charge < -0.3 is 0 Å². The highest BCUT2D eigenvalue weighted by Gasteiger charge is 2.30. The normalized spacial score (nSPS) is 11.8. The molecule has 0 unspecified atom stereocenters. The lowest BCUT2D eigenvalue weighted by molar-refractivity contribution is -0.121. The first-order valence-electron chi connectivity index (χ1n) is 10.8. The van der Waals surface area contributed by atoms with Crippen molar-refractivity contribution in [3.05, 3.63) is 99.1 Å². The number of carbonyl (C=O) groups is 1. The maximum absolute atomic E-state index is 13.7. The van der Waals surface area contributed by atoms with Gasteiger partial charge in [0.05, 0.1) is 17.7 Å². The number of hydrogen-bond acceptors (Lipinski definition) is 4. The van der Waals surface area contributed by atoms with E-state index in [1.54, 1.807) is 38.1 Å². The first-order valence-corrected chi connectivity index (χ1v) is 12.6. The highest BCUT2D eigenvalue weighted by molar-refractivity contribution is 7.89. The van der Waals surface area contributed by atoms with E-state index in [-0.39, 0.29) is 18.0 Å². The summed E-state index contributed by atoms with van der Waals surface area (Å²) in [6.45, 7) is 7.06. The lowest BCUT2D eigenvalue weighted by atomic mass is 10.1.